The molecular formula is C25H24FN5O2S2. The fraction of sp³-hybridized carbons (Fsp3) is 0.280. The van der Waals surface area contributed by atoms with E-state index in [0.29, 0.717) is 64.7 Å². The minimum Gasteiger partial charge on any atom is -0.366 e. The molecule has 0 radical (unpaired) electrons. The summed E-state index contributed by atoms with van der Waals surface area (Å²) in [5.41, 5.74) is 1.20. The van der Waals surface area contributed by atoms with Crippen molar-refractivity contribution in [3.63, 3.8) is 0 Å². The number of aromatic nitrogens is 2. The third kappa shape index (κ3) is 4.43. The van der Waals surface area contributed by atoms with Gasteiger partial charge in [-0.15, -0.1) is 0 Å². The predicted octanol–water partition coefficient (Wildman–Crippen LogP) is 3.77. The van der Waals surface area contributed by atoms with E-state index in [1.54, 1.807) is 41.4 Å². The Hall–Kier alpha value is -3.24. The zero-order valence-electron chi connectivity index (χ0n) is 19.2. The molecule has 2 saturated heterocycles. The van der Waals surface area contributed by atoms with Crippen molar-refractivity contribution >= 4 is 57.4 Å². The van der Waals surface area contributed by atoms with Gasteiger partial charge in [0.05, 0.1) is 16.2 Å². The average molecular weight is 510 g/mol. The highest BCUT2D eigenvalue weighted by molar-refractivity contribution is 8.26. The third-order valence-corrected chi connectivity index (χ3v) is 7.50. The first-order valence-electron chi connectivity index (χ1n) is 11.5. The second kappa shape index (κ2) is 9.79. The van der Waals surface area contributed by atoms with Crippen LogP contribution in [0.25, 0.3) is 11.7 Å². The van der Waals surface area contributed by atoms with Crippen LogP contribution >= 0.6 is 24.0 Å². The number of carbonyl (C=O) groups excluding carboxylic acids is 1. The van der Waals surface area contributed by atoms with Gasteiger partial charge in [-0.3, -0.25) is 18.9 Å². The summed E-state index contributed by atoms with van der Waals surface area (Å²) in [4.78, 5) is 37.3. The summed E-state index contributed by atoms with van der Waals surface area (Å²) in [6.07, 6.45) is 4.09. The van der Waals surface area contributed by atoms with E-state index in [1.807, 2.05) is 28.9 Å². The van der Waals surface area contributed by atoms with Crippen molar-refractivity contribution in [2.75, 3.05) is 42.5 Å². The van der Waals surface area contributed by atoms with Crippen LogP contribution in [-0.4, -0.2) is 57.2 Å². The molecule has 4 heterocycles. The second-order valence-corrected chi connectivity index (χ2v) is 10.0. The Bertz CT molecular complexity index is 1400. The number of para-hydroxylation sites is 1. The Morgan fingerprint density at radius 3 is 2.51 bits per heavy atom. The maximum Gasteiger partial charge on any atom is 0.267 e. The number of halogens is 1. The van der Waals surface area contributed by atoms with Gasteiger partial charge in [-0.25, -0.2) is 9.37 Å². The van der Waals surface area contributed by atoms with Crippen LogP contribution in [0.1, 0.15) is 18.9 Å². The van der Waals surface area contributed by atoms with E-state index in [4.69, 9.17) is 17.2 Å². The van der Waals surface area contributed by atoms with E-state index < -0.39 is 0 Å². The number of thiocarbonyl (C=S) groups is 1. The highest BCUT2D eigenvalue weighted by atomic mass is 32.2. The molecule has 35 heavy (non-hydrogen) atoms. The molecule has 3 aromatic rings. The molecule has 2 aromatic heterocycles. The summed E-state index contributed by atoms with van der Waals surface area (Å²) in [7, 11) is 0. The number of piperazine rings is 1. The number of benzene rings is 1. The van der Waals surface area contributed by atoms with Crippen LogP contribution in [0.4, 0.5) is 15.9 Å². The van der Waals surface area contributed by atoms with E-state index in [-0.39, 0.29) is 17.3 Å². The molecule has 10 heteroatoms. The van der Waals surface area contributed by atoms with Crippen LogP contribution in [0.15, 0.2) is 58.4 Å². The Kier molecular flexibility index (Phi) is 6.57. The zero-order chi connectivity index (χ0) is 24.5. The van der Waals surface area contributed by atoms with Crippen LogP contribution in [0.3, 0.4) is 0 Å². The fourth-order valence-electron chi connectivity index (χ4n) is 4.37. The normalized spacial score (nSPS) is 17.8. The number of hydrogen-bond donors (Lipinski definition) is 0. The smallest absolute Gasteiger partial charge is 0.267 e. The van der Waals surface area contributed by atoms with Gasteiger partial charge in [0.15, 0.2) is 0 Å². The molecule has 0 bridgehead atoms. The molecule has 0 aliphatic carbocycles. The topological polar surface area (TPSA) is 61.2 Å². The van der Waals surface area contributed by atoms with Crippen molar-refractivity contribution < 1.29 is 9.18 Å². The Labute approximate surface area is 211 Å². The van der Waals surface area contributed by atoms with Crippen molar-refractivity contribution in [2.24, 2.45) is 0 Å². The number of rotatable bonds is 5. The quantitative estimate of drug-likeness (QED) is 0.383. The summed E-state index contributed by atoms with van der Waals surface area (Å²) in [6, 6.07) is 12.1. The van der Waals surface area contributed by atoms with Crippen LogP contribution in [0.2, 0.25) is 0 Å². The lowest BCUT2D eigenvalue weighted by Crippen LogP contribution is -2.47. The van der Waals surface area contributed by atoms with Gasteiger partial charge in [-0.2, -0.15) is 0 Å². The largest absolute Gasteiger partial charge is 0.366 e. The minimum atomic E-state index is -0.252. The van der Waals surface area contributed by atoms with Gasteiger partial charge in [0.25, 0.3) is 11.5 Å². The Balaban J connectivity index is 1.52. The fourth-order valence-corrected chi connectivity index (χ4v) is 5.66. The number of nitrogens with zero attached hydrogens (tertiary/aromatic N) is 5. The van der Waals surface area contributed by atoms with E-state index in [9.17, 15) is 14.0 Å². The van der Waals surface area contributed by atoms with Gasteiger partial charge >= 0.3 is 0 Å². The number of fused-ring (bicyclic) bond motifs is 1. The molecule has 1 aromatic carbocycles. The van der Waals surface area contributed by atoms with Crippen LogP contribution in [0, 0.1) is 5.82 Å². The van der Waals surface area contributed by atoms with Gasteiger partial charge in [0.1, 0.15) is 21.6 Å². The molecule has 0 spiro atoms. The van der Waals surface area contributed by atoms with Gasteiger partial charge in [-0.05, 0) is 36.8 Å². The zero-order valence-corrected chi connectivity index (χ0v) is 20.8. The number of amides is 1. The van der Waals surface area contributed by atoms with Gasteiger partial charge in [-0.1, -0.05) is 49.1 Å². The summed E-state index contributed by atoms with van der Waals surface area (Å²) < 4.78 is 16.3. The number of hydrogen-bond acceptors (Lipinski definition) is 7. The van der Waals surface area contributed by atoms with E-state index >= 15 is 0 Å². The standard InChI is InChI=1S/C25H24FN5O2S2/c1-2-10-31-24(33)20(35-25(31)34)16-17-22(27-21-9-5-6-11-30(21)23(17)32)29-14-12-28(13-15-29)19-8-4-3-7-18(19)26/h3-9,11,16H,2,10,12-15H2,1H3/b20-16+. The molecule has 0 atom stereocenters. The van der Waals surface area contributed by atoms with Crippen molar-refractivity contribution in [1.82, 2.24) is 14.3 Å². The van der Waals surface area contributed by atoms with Crippen molar-refractivity contribution in [2.45, 2.75) is 13.3 Å². The van der Waals surface area contributed by atoms with E-state index in [2.05, 4.69) is 0 Å². The molecule has 5 rings (SSSR count). The van der Waals surface area contributed by atoms with Crippen molar-refractivity contribution in [1.29, 1.82) is 0 Å². The molecule has 2 aliphatic rings. The molecule has 0 saturated carbocycles. The second-order valence-electron chi connectivity index (χ2n) is 8.34. The monoisotopic (exact) mass is 509 g/mol. The molecule has 1 amide bonds. The molecule has 180 valence electrons. The lowest BCUT2D eigenvalue weighted by atomic mass is 10.2. The highest BCUT2D eigenvalue weighted by Crippen LogP contribution is 2.34. The van der Waals surface area contributed by atoms with Crippen LogP contribution in [0.5, 0.6) is 0 Å². The summed E-state index contributed by atoms with van der Waals surface area (Å²) in [6.45, 7) is 4.80. The predicted molar refractivity (Wildman–Crippen MR) is 142 cm³/mol. The molecule has 0 unspecified atom stereocenters. The Morgan fingerprint density at radius 2 is 1.77 bits per heavy atom. The number of pyridine rings is 1. The Morgan fingerprint density at radius 1 is 1.06 bits per heavy atom. The van der Waals surface area contributed by atoms with E-state index in [0.717, 1.165) is 6.42 Å². The maximum absolute atomic E-state index is 14.3. The van der Waals surface area contributed by atoms with Gasteiger partial charge in [0.2, 0.25) is 0 Å². The number of carbonyl (C=O) groups is 1. The van der Waals surface area contributed by atoms with Crippen molar-refractivity contribution in [3.8, 4) is 0 Å². The van der Waals surface area contributed by atoms with Gasteiger partial charge in [0, 0.05) is 38.9 Å². The number of anilines is 2. The molecule has 7 nitrogen and oxygen atoms in total. The minimum absolute atomic E-state index is 0.185. The maximum atomic E-state index is 14.3. The average Bonchev–Trinajstić information content (AvgIpc) is 3.14. The molecule has 2 aliphatic heterocycles. The summed E-state index contributed by atoms with van der Waals surface area (Å²) in [5, 5.41) is 0. The van der Waals surface area contributed by atoms with Crippen LogP contribution < -0.4 is 15.4 Å². The molecular weight excluding hydrogens is 485 g/mol. The molecule has 0 N–H and O–H groups in total. The SMILES string of the molecule is CCCN1C(=O)/C(=C\c2c(N3CCN(c4ccccc4F)CC3)nc3ccccn3c2=O)SC1=S. The van der Waals surface area contributed by atoms with E-state index in [1.165, 1.54) is 22.2 Å². The first-order chi connectivity index (χ1) is 17.0. The lowest BCUT2D eigenvalue weighted by Gasteiger charge is -2.37. The first-order valence-corrected chi connectivity index (χ1v) is 12.7. The number of thioether (sulfide) groups is 1. The van der Waals surface area contributed by atoms with Crippen LogP contribution in [-0.2, 0) is 4.79 Å². The van der Waals surface area contributed by atoms with Gasteiger partial charge < -0.3 is 9.80 Å². The summed E-state index contributed by atoms with van der Waals surface area (Å²) in [5.74, 6) is 0.0858. The summed E-state index contributed by atoms with van der Waals surface area (Å²) >= 11 is 6.61. The lowest BCUT2D eigenvalue weighted by molar-refractivity contribution is -0.122. The van der Waals surface area contributed by atoms with Crippen molar-refractivity contribution in [3.05, 3.63) is 75.3 Å². The highest BCUT2D eigenvalue weighted by Gasteiger charge is 2.32. The first kappa shape index (κ1) is 23.5. The third-order valence-electron chi connectivity index (χ3n) is 6.12. The molecule has 2 fully saturated rings.